The van der Waals surface area contributed by atoms with Crippen LogP contribution in [0.2, 0.25) is 0 Å². The summed E-state index contributed by atoms with van der Waals surface area (Å²) in [4.78, 5) is 11.9. The maximum atomic E-state index is 11.9. The SMILES string of the molecule is CCC(=O)C1(OC)C=CCC(C)=C1C. The van der Waals surface area contributed by atoms with Gasteiger partial charge < -0.3 is 4.74 Å². The smallest absolute Gasteiger partial charge is 0.172 e. The zero-order valence-electron chi connectivity index (χ0n) is 9.39. The molecule has 0 aromatic carbocycles. The third-order valence-electron chi connectivity index (χ3n) is 3.03. The standard InChI is InChI=1S/C12H18O2/c1-5-11(13)12(14-4)8-6-7-9(2)10(12)3/h6,8H,5,7H2,1-4H3. The maximum Gasteiger partial charge on any atom is 0.172 e. The molecule has 0 aromatic rings. The molecule has 0 fully saturated rings. The first-order chi connectivity index (χ1) is 6.58. The Balaban J connectivity index is 3.16. The van der Waals surface area contributed by atoms with Crippen LogP contribution in [0.15, 0.2) is 23.3 Å². The molecular weight excluding hydrogens is 176 g/mol. The van der Waals surface area contributed by atoms with Gasteiger partial charge in [-0.2, -0.15) is 0 Å². The average Bonchev–Trinajstić information content (AvgIpc) is 2.21. The molecule has 0 radical (unpaired) electrons. The van der Waals surface area contributed by atoms with E-state index in [1.54, 1.807) is 7.11 Å². The highest BCUT2D eigenvalue weighted by Crippen LogP contribution is 2.32. The van der Waals surface area contributed by atoms with Gasteiger partial charge in [0.05, 0.1) is 0 Å². The Kier molecular flexibility index (Phi) is 3.27. The fraction of sp³-hybridized carbons (Fsp3) is 0.583. The number of Topliss-reactive ketones (excluding diaryl/α,β-unsaturated/α-hetero) is 1. The van der Waals surface area contributed by atoms with Crippen molar-refractivity contribution in [2.75, 3.05) is 7.11 Å². The molecule has 14 heavy (non-hydrogen) atoms. The molecule has 2 heteroatoms. The maximum absolute atomic E-state index is 11.9. The van der Waals surface area contributed by atoms with Crippen LogP contribution < -0.4 is 0 Å². The minimum absolute atomic E-state index is 0.132. The van der Waals surface area contributed by atoms with Crippen molar-refractivity contribution in [3.8, 4) is 0 Å². The number of ether oxygens (including phenoxy) is 1. The lowest BCUT2D eigenvalue weighted by Crippen LogP contribution is -2.41. The Morgan fingerprint density at radius 3 is 2.71 bits per heavy atom. The minimum Gasteiger partial charge on any atom is -0.362 e. The fourth-order valence-electron chi connectivity index (χ4n) is 1.90. The molecule has 1 unspecified atom stereocenters. The molecule has 1 aliphatic rings. The second kappa shape index (κ2) is 4.09. The average molecular weight is 194 g/mol. The largest absolute Gasteiger partial charge is 0.362 e. The van der Waals surface area contributed by atoms with E-state index in [2.05, 4.69) is 6.92 Å². The zero-order chi connectivity index (χ0) is 10.8. The normalized spacial score (nSPS) is 26.9. The Bertz CT molecular complexity index is 299. The van der Waals surface area contributed by atoms with Crippen molar-refractivity contribution >= 4 is 5.78 Å². The summed E-state index contributed by atoms with van der Waals surface area (Å²) in [6, 6.07) is 0. The van der Waals surface area contributed by atoms with Crippen LogP contribution in [-0.2, 0) is 9.53 Å². The summed E-state index contributed by atoms with van der Waals surface area (Å²) in [5.74, 6) is 0.132. The molecule has 0 aromatic heterocycles. The topological polar surface area (TPSA) is 26.3 Å². The Morgan fingerprint density at radius 2 is 2.21 bits per heavy atom. The van der Waals surface area contributed by atoms with E-state index in [0.717, 1.165) is 12.0 Å². The lowest BCUT2D eigenvalue weighted by Gasteiger charge is -2.32. The Hall–Kier alpha value is -0.890. The van der Waals surface area contributed by atoms with Gasteiger partial charge >= 0.3 is 0 Å². The molecule has 2 nitrogen and oxygen atoms in total. The highest BCUT2D eigenvalue weighted by Gasteiger charge is 2.38. The summed E-state index contributed by atoms with van der Waals surface area (Å²) in [5, 5.41) is 0. The number of rotatable bonds is 3. The molecule has 1 aliphatic carbocycles. The molecule has 0 spiro atoms. The molecule has 0 saturated heterocycles. The highest BCUT2D eigenvalue weighted by atomic mass is 16.5. The molecular formula is C12H18O2. The Morgan fingerprint density at radius 1 is 1.57 bits per heavy atom. The third-order valence-corrected chi connectivity index (χ3v) is 3.03. The van der Waals surface area contributed by atoms with E-state index < -0.39 is 5.60 Å². The van der Waals surface area contributed by atoms with Crippen molar-refractivity contribution in [1.82, 2.24) is 0 Å². The number of allylic oxidation sites excluding steroid dienone is 2. The second-order valence-corrected chi connectivity index (χ2v) is 3.73. The van der Waals surface area contributed by atoms with Crippen LogP contribution >= 0.6 is 0 Å². The summed E-state index contributed by atoms with van der Waals surface area (Å²) >= 11 is 0. The monoisotopic (exact) mass is 194 g/mol. The van der Waals surface area contributed by atoms with Gasteiger partial charge in [0.15, 0.2) is 11.4 Å². The van der Waals surface area contributed by atoms with Crippen LogP contribution in [0, 0.1) is 0 Å². The summed E-state index contributed by atoms with van der Waals surface area (Å²) < 4.78 is 5.42. The van der Waals surface area contributed by atoms with Crippen molar-refractivity contribution in [3.63, 3.8) is 0 Å². The molecule has 78 valence electrons. The minimum atomic E-state index is -0.781. The number of hydrogen-bond acceptors (Lipinski definition) is 2. The predicted octanol–water partition coefficient (Wildman–Crippen LogP) is 2.65. The molecule has 0 bridgehead atoms. The number of hydrogen-bond donors (Lipinski definition) is 0. The van der Waals surface area contributed by atoms with E-state index in [9.17, 15) is 4.79 Å². The number of ketones is 1. The molecule has 0 heterocycles. The van der Waals surface area contributed by atoms with Crippen molar-refractivity contribution in [2.45, 2.75) is 39.2 Å². The van der Waals surface area contributed by atoms with Gasteiger partial charge in [0.1, 0.15) is 0 Å². The molecule has 1 atom stereocenters. The van der Waals surface area contributed by atoms with Gasteiger partial charge in [0.2, 0.25) is 0 Å². The fourth-order valence-corrected chi connectivity index (χ4v) is 1.90. The van der Waals surface area contributed by atoms with Gasteiger partial charge in [0, 0.05) is 13.5 Å². The van der Waals surface area contributed by atoms with Crippen molar-refractivity contribution in [3.05, 3.63) is 23.3 Å². The first kappa shape index (κ1) is 11.2. The summed E-state index contributed by atoms with van der Waals surface area (Å²) in [7, 11) is 1.60. The lowest BCUT2D eigenvalue weighted by molar-refractivity contribution is -0.132. The van der Waals surface area contributed by atoms with Crippen LogP contribution in [0.5, 0.6) is 0 Å². The van der Waals surface area contributed by atoms with Crippen LogP contribution in [0.1, 0.15) is 33.6 Å². The van der Waals surface area contributed by atoms with Crippen molar-refractivity contribution in [2.24, 2.45) is 0 Å². The molecule has 0 aliphatic heterocycles. The summed E-state index contributed by atoms with van der Waals surface area (Å²) in [6.07, 6.45) is 5.33. The van der Waals surface area contributed by atoms with Gasteiger partial charge in [-0.1, -0.05) is 18.6 Å². The second-order valence-electron chi connectivity index (χ2n) is 3.73. The lowest BCUT2D eigenvalue weighted by atomic mass is 9.81. The van der Waals surface area contributed by atoms with Gasteiger partial charge in [-0.3, -0.25) is 4.79 Å². The van der Waals surface area contributed by atoms with Crippen LogP contribution in [0.3, 0.4) is 0 Å². The van der Waals surface area contributed by atoms with Gasteiger partial charge in [-0.05, 0) is 31.9 Å². The quantitative estimate of drug-likeness (QED) is 0.646. The van der Waals surface area contributed by atoms with E-state index in [0.29, 0.717) is 6.42 Å². The first-order valence-corrected chi connectivity index (χ1v) is 5.01. The van der Waals surface area contributed by atoms with Gasteiger partial charge in [-0.25, -0.2) is 0 Å². The molecule has 0 saturated carbocycles. The zero-order valence-corrected chi connectivity index (χ0v) is 9.39. The van der Waals surface area contributed by atoms with E-state index in [1.807, 2.05) is 26.0 Å². The van der Waals surface area contributed by atoms with E-state index in [1.165, 1.54) is 5.57 Å². The van der Waals surface area contributed by atoms with E-state index >= 15 is 0 Å². The highest BCUT2D eigenvalue weighted by molar-refractivity contribution is 5.93. The third kappa shape index (κ3) is 1.55. The number of carbonyl (C=O) groups is 1. The molecule has 0 amide bonds. The van der Waals surface area contributed by atoms with Crippen LogP contribution in [0.25, 0.3) is 0 Å². The van der Waals surface area contributed by atoms with E-state index in [-0.39, 0.29) is 5.78 Å². The van der Waals surface area contributed by atoms with Gasteiger partial charge in [0.25, 0.3) is 0 Å². The Labute approximate surface area is 85.6 Å². The van der Waals surface area contributed by atoms with Crippen molar-refractivity contribution in [1.29, 1.82) is 0 Å². The van der Waals surface area contributed by atoms with Crippen molar-refractivity contribution < 1.29 is 9.53 Å². The predicted molar refractivity (Wildman–Crippen MR) is 57.2 cm³/mol. The van der Waals surface area contributed by atoms with Gasteiger partial charge in [-0.15, -0.1) is 0 Å². The number of methoxy groups -OCH3 is 1. The summed E-state index contributed by atoms with van der Waals surface area (Å²) in [6.45, 7) is 5.90. The first-order valence-electron chi connectivity index (χ1n) is 5.01. The molecule has 0 N–H and O–H groups in total. The van der Waals surface area contributed by atoms with Crippen LogP contribution in [0.4, 0.5) is 0 Å². The summed E-state index contributed by atoms with van der Waals surface area (Å²) in [5.41, 5.74) is 1.50. The van der Waals surface area contributed by atoms with Crippen LogP contribution in [-0.4, -0.2) is 18.5 Å². The number of carbonyl (C=O) groups excluding carboxylic acids is 1. The molecule has 1 rings (SSSR count). The van der Waals surface area contributed by atoms with E-state index in [4.69, 9.17) is 4.74 Å².